The minimum Gasteiger partial charge on any atom is -0.356 e. The first-order chi connectivity index (χ1) is 12.1. The van der Waals surface area contributed by atoms with E-state index in [1.54, 1.807) is 0 Å². The van der Waals surface area contributed by atoms with Gasteiger partial charge in [0.2, 0.25) is 5.91 Å². The summed E-state index contributed by atoms with van der Waals surface area (Å²) in [5.41, 5.74) is 1.96. The number of anilines is 1. The molecule has 0 unspecified atom stereocenters. The smallest absolute Gasteiger partial charge is 0.321 e. The van der Waals surface area contributed by atoms with Crippen LogP contribution in [0.15, 0.2) is 24.3 Å². The van der Waals surface area contributed by atoms with Crippen molar-refractivity contribution in [1.82, 2.24) is 10.2 Å². The highest BCUT2D eigenvalue weighted by Crippen LogP contribution is 2.26. The minimum atomic E-state index is -0.00830. The van der Waals surface area contributed by atoms with Crippen LogP contribution in [0.1, 0.15) is 44.1 Å². The van der Waals surface area contributed by atoms with Crippen LogP contribution in [-0.4, -0.2) is 36.5 Å². The number of rotatable bonds is 5. The van der Waals surface area contributed by atoms with Gasteiger partial charge in [0.25, 0.3) is 0 Å². The van der Waals surface area contributed by atoms with Crippen molar-refractivity contribution in [1.29, 1.82) is 0 Å². The van der Waals surface area contributed by atoms with Crippen molar-refractivity contribution >= 4 is 17.6 Å². The van der Waals surface area contributed by atoms with Gasteiger partial charge >= 0.3 is 6.03 Å². The summed E-state index contributed by atoms with van der Waals surface area (Å²) in [6.07, 6.45) is 6.36. The first-order valence-corrected chi connectivity index (χ1v) is 9.53. The number of benzene rings is 1. The lowest BCUT2D eigenvalue weighted by Crippen LogP contribution is -2.42. The molecule has 0 bridgehead atoms. The van der Waals surface area contributed by atoms with E-state index in [0.717, 1.165) is 63.0 Å². The highest BCUT2D eigenvalue weighted by atomic mass is 16.2. The van der Waals surface area contributed by atoms with Crippen LogP contribution in [0, 0.1) is 18.8 Å². The number of urea groups is 1. The Labute approximate surface area is 150 Å². The fraction of sp³-hybridized carbons (Fsp3) is 0.600. The summed E-state index contributed by atoms with van der Waals surface area (Å²) in [6, 6.07) is 7.84. The highest BCUT2D eigenvalue weighted by molar-refractivity contribution is 5.90. The first kappa shape index (κ1) is 17.8. The lowest BCUT2D eigenvalue weighted by Gasteiger charge is -2.32. The van der Waals surface area contributed by atoms with Gasteiger partial charge in [-0.1, -0.05) is 24.6 Å². The van der Waals surface area contributed by atoms with Crippen LogP contribution in [0.2, 0.25) is 0 Å². The van der Waals surface area contributed by atoms with Gasteiger partial charge in [-0.05, 0) is 56.6 Å². The van der Waals surface area contributed by atoms with Gasteiger partial charge in [0, 0.05) is 31.2 Å². The van der Waals surface area contributed by atoms with E-state index >= 15 is 0 Å². The summed E-state index contributed by atoms with van der Waals surface area (Å²) >= 11 is 0. The molecule has 1 heterocycles. The number of carbonyl (C=O) groups is 2. The third-order valence-corrected chi connectivity index (χ3v) is 5.62. The number of nitrogens with one attached hydrogen (secondary N) is 2. The second-order valence-corrected chi connectivity index (χ2v) is 7.38. The normalized spacial score (nSPS) is 18.5. The second-order valence-electron chi connectivity index (χ2n) is 7.38. The molecule has 1 aromatic carbocycles. The third kappa shape index (κ3) is 4.74. The predicted octanol–water partition coefficient (Wildman–Crippen LogP) is 3.55. The van der Waals surface area contributed by atoms with E-state index in [1.165, 1.54) is 6.42 Å². The summed E-state index contributed by atoms with van der Waals surface area (Å²) in [5.74, 6) is 1.11. The van der Waals surface area contributed by atoms with Crippen molar-refractivity contribution in [3.05, 3.63) is 29.8 Å². The van der Waals surface area contributed by atoms with Crippen LogP contribution in [0.25, 0.3) is 0 Å². The quantitative estimate of drug-likeness (QED) is 0.859. The van der Waals surface area contributed by atoms with Gasteiger partial charge in [0.15, 0.2) is 0 Å². The number of piperidine rings is 1. The molecule has 0 atom stereocenters. The van der Waals surface area contributed by atoms with Crippen LogP contribution in [0.4, 0.5) is 10.5 Å². The van der Waals surface area contributed by atoms with Crippen LogP contribution in [-0.2, 0) is 4.79 Å². The zero-order chi connectivity index (χ0) is 17.6. The highest BCUT2D eigenvalue weighted by Gasteiger charge is 2.26. The number of para-hydroxylation sites is 1. The maximum Gasteiger partial charge on any atom is 0.321 e. The van der Waals surface area contributed by atoms with Crippen LogP contribution in [0.3, 0.4) is 0 Å². The molecule has 5 heteroatoms. The van der Waals surface area contributed by atoms with Crippen molar-refractivity contribution in [2.24, 2.45) is 11.8 Å². The molecule has 1 aliphatic carbocycles. The summed E-state index contributed by atoms with van der Waals surface area (Å²) in [6.45, 7) is 4.35. The van der Waals surface area contributed by atoms with Crippen molar-refractivity contribution in [3.8, 4) is 0 Å². The van der Waals surface area contributed by atoms with Crippen LogP contribution >= 0.6 is 0 Å². The first-order valence-electron chi connectivity index (χ1n) is 9.53. The molecule has 136 valence electrons. The molecule has 0 aromatic heterocycles. The molecule has 1 aliphatic heterocycles. The van der Waals surface area contributed by atoms with E-state index in [1.807, 2.05) is 36.1 Å². The van der Waals surface area contributed by atoms with Crippen molar-refractivity contribution in [2.45, 2.75) is 45.4 Å². The molecule has 1 saturated heterocycles. The van der Waals surface area contributed by atoms with Gasteiger partial charge in [-0.15, -0.1) is 0 Å². The van der Waals surface area contributed by atoms with Gasteiger partial charge in [-0.2, -0.15) is 0 Å². The van der Waals surface area contributed by atoms with E-state index in [4.69, 9.17) is 0 Å². The van der Waals surface area contributed by atoms with E-state index in [9.17, 15) is 9.59 Å². The SMILES string of the molecule is Cc1ccccc1NC(=O)N1CCC(CCNC(=O)C2CCC2)CC1. The Morgan fingerprint density at radius 3 is 2.48 bits per heavy atom. The molecule has 5 nitrogen and oxygen atoms in total. The van der Waals surface area contributed by atoms with Crippen molar-refractivity contribution in [2.75, 3.05) is 25.0 Å². The molecule has 2 aliphatic rings. The third-order valence-electron chi connectivity index (χ3n) is 5.62. The number of hydrogen-bond acceptors (Lipinski definition) is 2. The Balaban J connectivity index is 1.36. The molecule has 1 aromatic rings. The van der Waals surface area contributed by atoms with E-state index in [2.05, 4.69) is 10.6 Å². The molecule has 0 spiro atoms. The average Bonchev–Trinajstić information content (AvgIpc) is 2.56. The van der Waals surface area contributed by atoms with Crippen LogP contribution in [0.5, 0.6) is 0 Å². The Kier molecular flexibility index (Phi) is 5.95. The standard InChI is InChI=1S/C20H29N3O2/c1-15-5-2-3-8-18(15)22-20(25)23-13-10-16(11-14-23)9-12-21-19(24)17-6-4-7-17/h2-3,5,8,16-17H,4,6-7,9-14H2,1H3,(H,21,24)(H,22,25). The van der Waals surface area contributed by atoms with E-state index < -0.39 is 0 Å². The van der Waals surface area contributed by atoms with Gasteiger partial charge in [-0.3, -0.25) is 4.79 Å². The largest absolute Gasteiger partial charge is 0.356 e. The zero-order valence-electron chi connectivity index (χ0n) is 15.1. The van der Waals surface area contributed by atoms with Gasteiger partial charge in [0.1, 0.15) is 0 Å². The zero-order valence-corrected chi connectivity index (χ0v) is 15.1. The summed E-state index contributed by atoms with van der Waals surface area (Å²) in [7, 11) is 0. The fourth-order valence-corrected chi connectivity index (χ4v) is 3.55. The lowest BCUT2D eigenvalue weighted by molar-refractivity contribution is -0.127. The van der Waals surface area contributed by atoms with E-state index in [-0.39, 0.29) is 17.9 Å². The number of amides is 3. The summed E-state index contributed by atoms with van der Waals surface area (Å²) in [5, 5.41) is 6.08. The number of aryl methyl sites for hydroxylation is 1. The Bertz CT molecular complexity index is 605. The maximum atomic E-state index is 12.4. The molecule has 25 heavy (non-hydrogen) atoms. The number of hydrogen-bond donors (Lipinski definition) is 2. The monoisotopic (exact) mass is 343 g/mol. The number of nitrogens with zero attached hydrogens (tertiary/aromatic N) is 1. The molecule has 0 radical (unpaired) electrons. The summed E-state index contributed by atoms with van der Waals surface area (Å²) < 4.78 is 0. The van der Waals surface area contributed by atoms with Gasteiger partial charge in [-0.25, -0.2) is 4.79 Å². The molecule has 2 fully saturated rings. The molecule has 1 saturated carbocycles. The fourth-order valence-electron chi connectivity index (χ4n) is 3.55. The molecule has 3 rings (SSSR count). The van der Waals surface area contributed by atoms with E-state index in [0.29, 0.717) is 5.92 Å². The van der Waals surface area contributed by atoms with Crippen molar-refractivity contribution in [3.63, 3.8) is 0 Å². The molecular formula is C20H29N3O2. The second kappa shape index (κ2) is 8.37. The Morgan fingerprint density at radius 2 is 1.84 bits per heavy atom. The molecular weight excluding hydrogens is 314 g/mol. The van der Waals surface area contributed by atoms with Gasteiger partial charge in [0.05, 0.1) is 0 Å². The maximum absolute atomic E-state index is 12.4. The van der Waals surface area contributed by atoms with Crippen LogP contribution < -0.4 is 10.6 Å². The van der Waals surface area contributed by atoms with Crippen molar-refractivity contribution < 1.29 is 9.59 Å². The Hall–Kier alpha value is -2.04. The topological polar surface area (TPSA) is 61.4 Å². The minimum absolute atomic E-state index is 0.00830. The number of likely N-dealkylation sites (tertiary alicyclic amines) is 1. The summed E-state index contributed by atoms with van der Waals surface area (Å²) in [4.78, 5) is 26.1. The molecule has 3 amide bonds. The lowest BCUT2D eigenvalue weighted by atomic mass is 9.84. The predicted molar refractivity (Wildman–Crippen MR) is 99.5 cm³/mol. The Morgan fingerprint density at radius 1 is 1.12 bits per heavy atom. The number of carbonyl (C=O) groups excluding carboxylic acids is 2. The molecule has 2 N–H and O–H groups in total. The van der Waals surface area contributed by atoms with Gasteiger partial charge < -0.3 is 15.5 Å². The average molecular weight is 343 g/mol.